The molecule has 0 heterocycles. The van der Waals surface area contributed by atoms with Gasteiger partial charge in [-0.15, -0.1) is 24.8 Å². The van der Waals surface area contributed by atoms with Crippen molar-refractivity contribution in [1.82, 2.24) is 0 Å². The van der Waals surface area contributed by atoms with Crippen LogP contribution in [0.3, 0.4) is 0 Å². The van der Waals surface area contributed by atoms with E-state index in [1.54, 1.807) is 0 Å². The lowest BCUT2D eigenvalue weighted by Crippen LogP contribution is -2.18. The highest BCUT2D eigenvalue weighted by Gasteiger charge is 2.32. The first-order valence-electron chi connectivity index (χ1n) is 4.45. The summed E-state index contributed by atoms with van der Waals surface area (Å²) in [5.74, 6) is -0.952. The Balaban J connectivity index is 3.12. The van der Waals surface area contributed by atoms with Crippen LogP contribution in [0.25, 0.3) is 0 Å². The Morgan fingerprint density at radius 1 is 1.47 bits per heavy atom. The van der Waals surface area contributed by atoms with Gasteiger partial charge in [-0.3, -0.25) is 4.79 Å². The summed E-state index contributed by atoms with van der Waals surface area (Å²) in [6.45, 7) is 1.44. The lowest BCUT2D eigenvalue weighted by molar-refractivity contribution is -0.274. The molecule has 0 saturated carbocycles. The first-order valence-corrected chi connectivity index (χ1v) is 5.68. The van der Waals surface area contributed by atoms with Crippen LogP contribution >= 0.6 is 27.5 Å². The van der Waals surface area contributed by atoms with Gasteiger partial charge in [-0.05, 0) is 35.0 Å². The number of carbonyl (C=O) groups excluding carboxylic acids is 1. The van der Waals surface area contributed by atoms with E-state index >= 15 is 0 Å². The van der Waals surface area contributed by atoms with Gasteiger partial charge in [-0.1, -0.05) is 6.07 Å². The summed E-state index contributed by atoms with van der Waals surface area (Å²) in [5.41, 5.74) is 0.0502. The van der Waals surface area contributed by atoms with Crippen molar-refractivity contribution in [2.24, 2.45) is 0 Å². The highest BCUT2D eigenvalue weighted by atomic mass is 79.9. The van der Waals surface area contributed by atoms with Crippen molar-refractivity contribution >= 4 is 33.3 Å². The van der Waals surface area contributed by atoms with Crippen LogP contribution < -0.4 is 4.74 Å². The van der Waals surface area contributed by atoms with Crippen molar-refractivity contribution in [2.75, 3.05) is 0 Å². The molecule has 1 unspecified atom stereocenters. The van der Waals surface area contributed by atoms with E-state index < -0.39 is 23.3 Å². The number of ether oxygens (including phenoxy) is 1. The Bertz CT molecular complexity index is 432. The summed E-state index contributed by atoms with van der Waals surface area (Å²) in [7, 11) is 0. The normalized spacial score (nSPS) is 13.3. The number of alkyl halides is 4. The van der Waals surface area contributed by atoms with E-state index in [1.165, 1.54) is 19.1 Å². The van der Waals surface area contributed by atoms with Crippen LogP contribution in [0.1, 0.15) is 17.3 Å². The van der Waals surface area contributed by atoms with Gasteiger partial charge in [0.15, 0.2) is 5.78 Å². The number of benzene rings is 1. The minimum atomic E-state index is -4.81. The third-order valence-corrected chi connectivity index (χ3v) is 2.83. The van der Waals surface area contributed by atoms with E-state index in [0.29, 0.717) is 0 Å². The van der Waals surface area contributed by atoms with Gasteiger partial charge in [-0.25, -0.2) is 0 Å². The Labute approximate surface area is 109 Å². The molecule has 0 aromatic heterocycles. The third-order valence-electron chi connectivity index (χ3n) is 1.82. The smallest absolute Gasteiger partial charge is 0.405 e. The van der Waals surface area contributed by atoms with Gasteiger partial charge in [0.25, 0.3) is 0 Å². The van der Waals surface area contributed by atoms with Gasteiger partial charge in [0, 0.05) is 5.56 Å². The number of hydrogen-bond acceptors (Lipinski definition) is 2. The van der Waals surface area contributed by atoms with E-state index in [9.17, 15) is 18.0 Å². The van der Waals surface area contributed by atoms with Crippen LogP contribution in [0, 0.1) is 0 Å². The molecule has 0 radical (unpaired) electrons. The van der Waals surface area contributed by atoms with Gasteiger partial charge in [0.05, 0.1) is 9.85 Å². The molecule has 1 aromatic carbocycles. The average Bonchev–Trinajstić information content (AvgIpc) is 2.18. The fourth-order valence-corrected chi connectivity index (χ4v) is 1.78. The summed E-state index contributed by atoms with van der Waals surface area (Å²) in [4.78, 5) is 11.6. The van der Waals surface area contributed by atoms with E-state index in [2.05, 4.69) is 20.7 Å². The second-order valence-electron chi connectivity index (χ2n) is 3.15. The maximum absolute atomic E-state index is 12.1. The van der Waals surface area contributed by atoms with Gasteiger partial charge < -0.3 is 4.74 Å². The van der Waals surface area contributed by atoms with E-state index in [1.807, 2.05) is 0 Å². The van der Waals surface area contributed by atoms with Crippen molar-refractivity contribution in [3.05, 3.63) is 28.2 Å². The molecule has 0 aliphatic carbocycles. The summed E-state index contributed by atoms with van der Waals surface area (Å²) in [6, 6.07) is 3.76. The first kappa shape index (κ1) is 14.3. The number of ketones is 1. The fraction of sp³-hybridized carbons (Fsp3) is 0.300. The zero-order chi connectivity index (χ0) is 13.2. The van der Waals surface area contributed by atoms with Crippen molar-refractivity contribution in [3.63, 3.8) is 0 Å². The largest absolute Gasteiger partial charge is 0.573 e. The second kappa shape index (κ2) is 5.27. The molecular weight excluding hydrogens is 324 g/mol. The lowest BCUT2D eigenvalue weighted by Gasteiger charge is -2.13. The van der Waals surface area contributed by atoms with E-state index in [4.69, 9.17) is 11.6 Å². The molecule has 0 fully saturated rings. The van der Waals surface area contributed by atoms with Gasteiger partial charge >= 0.3 is 6.36 Å². The lowest BCUT2D eigenvalue weighted by atomic mass is 10.1. The van der Waals surface area contributed by atoms with Gasteiger partial charge in [-0.2, -0.15) is 0 Å². The molecule has 1 rings (SSSR count). The molecule has 0 saturated heterocycles. The van der Waals surface area contributed by atoms with E-state index in [0.717, 1.165) is 6.07 Å². The highest BCUT2D eigenvalue weighted by Crippen LogP contribution is 2.33. The van der Waals surface area contributed by atoms with E-state index in [-0.39, 0.29) is 10.0 Å². The van der Waals surface area contributed by atoms with Crippen molar-refractivity contribution < 1.29 is 22.7 Å². The van der Waals surface area contributed by atoms with Crippen LogP contribution in [0.2, 0.25) is 0 Å². The summed E-state index contributed by atoms with van der Waals surface area (Å²) >= 11 is 8.49. The number of hydrogen-bond donors (Lipinski definition) is 0. The van der Waals surface area contributed by atoms with Crippen LogP contribution in [0.15, 0.2) is 22.7 Å². The first-order chi connectivity index (χ1) is 7.72. The molecule has 0 amide bonds. The van der Waals surface area contributed by atoms with Crippen molar-refractivity contribution in [3.8, 4) is 5.75 Å². The predicted octanol–water partition coefficient (Wildman–Crippen LogP) is 4.16. The molecule has 0 spiro atoms. The molecule has 0 aliphatic heterocycles. The average molecular weight is 332 g/mol. The molecule has 17 heavy (non-hydrogen) atoms. The summed E-state index contributed by atoms with van der Waals surface area (Å²) in [6.07, 6.45) is -4.81. The minimum Gasteiger partial charge on any atom is -0.405 e. The number of halogens is 5. The quantitative estimate of drug-likeness (QED) is 0.614. The highest BCUT2D eigenvalue weighted by molar-refractivity contribution is 9.10. The molecule has 1 aromatic rings. The predicted molar refractivity (Wildman–Crippen MR) is 60.5 cm³/mol. The minimum absolute atomic E-state index is 0.0502. The van der Waals surface area contributed by atoms with Crippen LogP contribution in [0.5, 0.6) is 5.75 Å². The Kier molecular flexibility index (Phi) is 4.43. The number of Topliss-reactive ketones (excluding diaryl/α,β-unsaturated/α-hetero) is 1. The number of carbonyl (C=O) groups is 1. The third kappa shape index (κ3) is 3.89. The monoisotopic (exact) mass is 330 g/mol. The maximum atomic E-state index is 12.1. The maximum Gasteiger partial charge on any atom is 0.573 e. The number of rotatable bonds is 3. The second-order valence-corrected chi connectivity index (χ2v) is 4.59. The molecular formula is C10H7BrClF3O2. The Morgan fingerprint density at radius 2 is 2.06 bits per heavy atom. The zero-order valence-electron chi connectivity index (χ0n) is 8.52. The Morgan fingerprint density at radius 3 is 2.53 bits per heavy atom. The molecule has 2 nitrogen and oxygen atoms in total. The van der Waals surface area contributed by atoms with Crippen LogP contribution in [-0.2, 0) is 0 Å². The van der Waals surface area contributed by atoms with Crippen LogP contribution in [-0.4, -0.2) is 17.5 Å². The topological polar surface area (TPSA) is 26.3 Å². The SMILES string of the molecule is CC(Cl)C(=O)c1cccc(OC(F)(F)F)c1Br. The molecule has 7 heteroatoms. The van der Waals surface area contributed by atoms with Crippen LogP contribution in [0.4, 0.5) is 13.2 Å². The zero-order valence-corrected chi connectivity index (χ0v) is 10.9. The van der Waals surface area contributed by atoms with Gasteiger partial charge in [0.2, 0.25) is 0 Å². The molecule has 0 bridgehead atoms. The standard InChI is InChI=1S/C10H7BrClF3O2/c1-5(12)9(16)6-3-2-4-7(8(6)11)17-10(13,14)15/h2-5H,1H3. The molecule has 0 aliphatic rings. The summed E-state index contributed by atoms with van der Waals surface area (Å²) in [5, 5.41) is -0.826. The van der Waals surface area contributed by atoms with Crippen molar-refractivity contribution in [2.45, 2.75) is 18.7 Å². The fourth-order valence-electron chi connectivity index (χ4n) is 1.12. The molecule has 94 valence electrons. The molecule has 0 N–H and O–H groups in total. The Hall–Kier alpha value is -0.750. The molecule has 1 atom stereocenters. The van der Waals surface area contributed by atoms with Crippen molar-refractivity contribution in [1.29, 1.82) is 0 Å². The summed E-state index contributed by atoms with van der Waals surface area (Å²) < 4.78 is 39.9. The van der Waals surface area contributed by atoms with Gasteiger partial charge in [0.1, 0.15) is 5.75 Å².